The molecule has 1 amide bonds. The van der Waals surface area contributed by atoms with Crippen molar-refractivity contribution in [2.45, 2.75) is 33.0 Å². The minimum Gasteiger partial charge on any atom is -0.489 e. The normalized spacial score (nSPS) is 11.1. The van der Waals surface area contributed by atoms with Crippen LogP contribution in [-0.2, 0) is 20.9 Å². The van der Waals surface area contributed by atoms with Gasteiger partial charge in [0.05, 0.1) is 6.54 Å². The summed E-state index contributed by atoms with van der Waals surface area (Å²) in [5.41, 5.74) is 0.865. The van der Waals surface area contributed by atoms with Crippen molar-refractivity contribution in [2.24, 2.45) is 0 Å². The quantitative estimate of drug-likeness (QED) is 0.282. The second kappa shape index (κ2) is 11.5. The standard InChI is InChI=1S/C24H27NO6/c1-24(2,3)31-23(28)25-15-16-29-22(27)14-13-21(26)19-9-11-20(12-10-19)30-17-18-7-5-4-6-8-18/h4-14H,15-17H2,1-3H3,(H,25,28)/b14-13+. The third-order valence-electron chi connectivity index (χ3n) is 3.77. The zero-order valence-corrected chi connectivity index (χ0v) is 17.9. The average molecular weight is 425 g/mol. The van der Waals surface area contributed by atoms with Gasteiger partial charge in [0.2, 0.25) is 0 Å². The van der Waals surface area contributed by atoms with Crippen molar-refractivity contribution in [3.8, 4) is 5.75 Å². The van der Waals surface area contributed by atoms with Crippen LogP contribution in [0.3, 0.4) is 0 Å². The first-order valence-corrected chi connectivity index (χ1v) is 9.86. The molecule has 0 fully saturated rings. The number of hydrogen-bond donors (Lipinski definition) is 1. The van der Waals surface area contributed by atoms with E-state index in [9.17, 15) is 14.4 Å². The van der Waals surface area contributed by atoms with E-state index >= 15 is 0 Å². The Morgan fingerprint density at radius 1 is 0.935 bits per heavy atom. The number of nitrogens with one attached hydrogen (secondary N) is 1. The van der Waals surface area contributed by atoms with Crippen molar-refractivity contribution < 1.29 is 28.6 Å². The van der Waals surface area contributed by atoms with Crippen molar-refractivity contribution in [3.05, 3.63) is 77.9 Å². The molecule has 164 valence electrons. The molecule has 0 aliphatic rings. The molecule has 0 heterocycles. The highest BCUT2D eigenvalue weighted by molar-refractivity contribution is 6.07. The summed E-state index contributed by atoms with van der Waals surface area (Å²) in [4.78, 5) is 35.4. The van der Waals surface area contributed by atoms with Crippen LogP contribution in [0.15, 0.2) is 66.7 Å². The predicted molar refractivity (Wildman–Crippen MR) is 116 cm³/mol. The van der Waals surface area contributed by atoms with Crippen molar-refractivity contribution in [1.29, 1.82) is 0 Å². The molecule has 0 spiro atoms. The molecule has 0 aromatic heterocycles. The molecule has 0 unspecified atom stereocenters. The summed E-state index contributed by atoms with van der Waals surface area (Å²) in [6.07, 6.45) is 1.60. The Balaban J connectivity index is 1.71. The molecule has 0 aliphatic carbocycles. The highest BCUT2D eigenvalue weighted by atomic mass is 16.6. The van der Waals surface area contributed by atoms with Gasteiger partial charge in [-0.05, 0) is 56.7 Å². The van der Waals surface area contributed by atoms with Crippen LogP contribution in [0.25, 0.3) is 0 Å². The fourth-order valence-electron chi connectivity index (χ4n) is 2.36. The summed E-state index contributed by atoms with van der Waals surface area (Å²) >= 11 is 0. The van der Waals surface area contributed by atoms with Gasteiger partial charge in [0.1, 0.15) is 24.6 Å². The van der Waals surface area contributed by atoms with Gasteiger partial charge >= 0.3 is 12.1 Å². The first kappa shape index (κ1) is 23.7. The van der Waals surface area contributed by atoms with E-state index in [4.69, 9.17) is 14.2 Å². The molecule has 0 saturated heterocycles. The highest BCUT2D eigenvalue weighted by Gasteiger charge is 2.15. The van der Waals surface area contributed by atoms with Gasteiger partial charge in [0, 0.05) is 11.6 Å². The number of carbonyl (C=O) groups excluding carboxylic acids is 3. The number of hydrogen-bond acceptors (Lipinski definition) is 6. The monoisotopic (exact) mass is 425 g/mol. The number of ketones is 1. The maximum atomic E-state index is 12.2. The van der Waals surface area contributed by atoms with E-state index < -0.39 is 17.7 Å². The molecule has 0 atom stereocenters. The Morgan fingerprint density at radius 3 is 2.26 bits per heavy atom. The molecule has 0 radical (unpaired) electrons. The zero-order chi connectivity index (χ0) is 22.7. The molecule has 2 aromatic carbocycles. The lowest BCUT2D eigenvalue weighted by molar-refractivity contribution is -0.137. The Kier molecular flexibility index (Phi) is 8.81. The van der Waals surface area contributed by atoms with E-state index in [1.165, 1.54) is 0 Å². The summed E-state index contributed by atoms with van der Waals surface area (Å²) in [7, 11) is 0. The topological polar surface area (TPSA) is 90.9 Å². The predicted octanol–water partition coefficient (Wildman–Crippen LogP) is 4.07. The Labute approximate surface area is 182 Å². The number of amides is 1. The van der Waals surface area contributed by atoms with E-state index in [1.807, 2.05) is 30.3 Å². The zero-order valence-electron chi connectivity index (χ0n) is 17.9. The molecule has 7 nitrogen and oxygen atoms in total. The van der Waals surface area contributed by atoms with Gasteiger partial charge in [0.25, 0.3) is 0 Å². The molecule has 0 saturated carbocycles. The van der Waals surface area contributed by atoms with E-state index in [0.29, 0.717) is 17.9 Å². The number of alkyl carbamates (subject to hydrolysis) is 1. The maximum absolute atomic E-state index is 12.2. The summed E-state index contributed by atoms with van der Waals surface area (Å²) in [5.74, 6) is -0.373. The number of rotatable bonds is 9. The van der Waals surface area contributed by atoms with Crippen LogP contribution in [0.2, 0.25) is 0 Å². The molecule has 2 rings (SSSR count). The highest BCUT2D eigenvalue weighted by Crippen LogP contribution is 2.15. The third kappa shape index (κ3) is 9.62. The van der Waals surface area contributed by atoms with Crippen LogP contribution in [0.1, 0.15) is 36.7 Å². The number of esters is 1. The van der Waals surface area contributed by atoms with E-state index in [-0.39, 0.29) is 18.9 Å². The fraction of sp³-hybridized carbons (Fsp3) is 0.292. The van der Waals surface area contributed by atoms with Crippen LogP contribution in [-0.4, -0.2) is 36.6 Å². The largest absolute Gasteiger partial charge is 0.489 e. The molecular weight excluding hydrogens is 398 g/mol. The van der Waals surface area contributed by atoms with Gasteiger partial charge in [-0.3, -0.25) is 4.79 Å². The minimum absolute atomic E-state index is 0.0376. The van der Waals surface area contributed by atoms with Gasteiger partial charge in [-0.2, -0.15) is 0 Å². The van der Waals surface area contributed by atoms with Crippen molar-refractivity contribution in [1.82, 2.24) is 5.32 Å². The third-order valence-corrected chi connectivity index (χ3v) is 3.77. The molecular formula is C24H27NO6. The average Bonchev–Trinajstić information content (AvgIpc) is 2.73. The maximum Gasteiger partial charge on any atom is 0.407 e. The molecule has 0 aliphatic heterocycles. The number of ether oxygens (including phenoxy) is 3. The Hall–Kier alpha value is -3.61. The lowest BCUT2D eigenvalue weighted by Gasteiger charge is -2.19. The van der Waals surface area contributed by atoms with E-state index in [1.54, 1.807) is 45.0 Å². The second-order valence-electron chi connectivity index (χ2n) is 7.59. The molecule has 0 bridgehead atoms. The first-order valence-electron chi connectivity index (χ1n) is 9.86. The smallest absolute Gasteiger partial charge is 0.407 e. The summed E-state index contributed by atoms with van der Waals surface area (Å²) in [5, 5.41) is 2.47. The van der Waals surface area contributed by atoms with E-state index in [0.717, 1.165) is 17.7 Å². The fourth-order valence-corrected chi connectivity index (χ4v) is 2.36. The van der Waals surface area contributed by atoms with Crippen LogP contribution >= 0.6 is 0 Å². The van der Waals surface area contributed by atoms with Crippen LogP contribution < -0.4 is 10.1 Å². The lowest BCUT2D eigenvalue weighted by Crippen LogP contribution is -2.34. The summed E-state index contributed by atoms with van der Waals surface area (Å²) in [6, 6.07) is 16.4. The van der Waals surface area contributed by atoms with Crippen LogP contribution in [0, 0.1) is 0 Å². The van der Waals surface area contributed by atoms with Crippen LogP contribution in [0.5, 0.6) is 5.75 Å². The van der Waals surface area contributed by atoms with Crippen LogP contribution in [0.4, 0.5) is 4.79 Å². The Bertz CT molecular complexity index is 898. The molecule has 1 N–H and O–H groups in total. The lowest BCUT2D eigenvalue weighted by atomic mass is 10.1. The summed E-state index contributed by atoms with van der Waals surface area (Å²) < 4.78 is 15.7. The second-order valence-corrected chi connectivity index (χ2v) is 7.59. The van der Waals surface area contributed by atoms with Gasteiger partial charge in [-0.25, -0.2) is 9.59 Å². The summed E-state index contributed by atoms with van der Waals surface area (Å²) in [6.45, 7) is 5.75. The van der Waals surface area contributed by atoms with Gasteiger partial charge < -0.3 is 19.5 Å². The SMILES string of the molecule is CC(C)(C)OC(=O)NCCOC(=O)/C=C/C(=O)c1ccc(OCc2ccccc2)cc1. The first-order chi connectivity index (χ1) is 14.7. The van der Waals surface area contributed by atoms with Gasteiger partial charge in [-0.1, -0.05) is 30.3 Å². The van der Waals surface area contributed by atoms with Gasteiger partial charge in [0.15, 0.2) is 5.78 Å². The Morgan fingerprint density at radius 2 is 1.61 bits per heavy atom. The minimum atomic E-state index is -0.679. The van der Waals surface area contributed by atoms with Crippen molar-refractivity contribution >= 4 is 17.8 Å². The molecule has 2 aromatic rings. The van der Waals surface area contributed by atoms with Crippen molar-refractivity contribution in [3.63, 3.8) is 0 Å². The van der Waals surface area contributed by atoms with E-state index in [2.05, 4.69) is 5.32 Å². The van der Waals surface area contributed by atoms with Crippen molar-refractivity contribution in [2.75, 3.05) is 13.2 Å². The van der Waals surface area contributed by atoms with Gasteiger partial charge in [-0.15, -0.1) is 0 Å². The number of allylic oxidation sites excluding steroid dienone is 1. The number of benzene rings is 2. The molecule has 31 heavy (non-hydrogen) atoms. The number of carbonyl (C=O) groups is 3. The molecule has 7 heteroatoms.